The molecule has 0 aromatic carbocycles. The molecule has 4 nitrogen and oxygen atoms in total. The predicted molar refractivity (Wildman–Crippen MR) is 118 cm³/mol. The van der Waals surface area contributed by atoms with Crippen molar-refractivity contribution in [3.05, 3.63) is 89.2 Å². The molecule has 0 fully saturated rings. The highest BCUT2D eigenvalue weighted by atomic mass is 15.0. The fourth-order valence-electron chi connectivity index (χ4n) is 4.23. The number of pyridine rings is 3. The van der Waals surface area contributed by atoms with Crippen LogP contribution in [0.4, 0.5) is 0 Å². The molecule has 5 rings (SSSR count). The molecule has 4 aromatic rings. The lowest BCUT2D eigenvalue weighted by molar-refractivity contribution is 0.802. The molecule has 29 heavy (non-hydrogen) atoms. The van der Waals surface area contributed by atoms with Gasteiger partial charge in [-0.2, -0.15) is 0 Å². The summed E-state index contributed by atoms with van der Waals surface area (Å²) in [4.78, 5) is 14.1. The number of imidazole rings is 1. The number of rotatable bonds is 4. The first-order chi connectivity index (χ1) is 14.2. The molecule has 1 aliphatic rings. The van der Waals surface area contributed by atoms with Gasteiger partial charge in [-0.1, -0.05) is 31.2 Å². The fourth-order valence-corrected chi connectivity index (χ4v) is 4.23. The van der Waals surface area contributed by atoms with Crippen molar-refractivity contribution < 1.29 is 0 Å². The number of hydrogen-bond donors (Lipinski definition) is 0. The van der Waals surface area contributed by atoms with E-state index in [2.05, 4.69) is 71.9 Å². The Morgan fingerprint density at radius 1 is 1.03 bits per heavy atom. The molecule has 0 aliphatic heterocycles. The van der Waals surface area contributed by atoms with Gasteiger partial charge in [0.15, 0.2) is 5.65 Å². The van der Waals surface area contributed by atoms with E-state index in [1.54, 1.807) is 6.20 Å². The van der Waals surface area contributed by atoms with Gasteiger partial charge >= 0.3 is 0 Å². The molecule has 4 aromatic heterocycles. The van der Waals surface area contributed by atoms with Gasteiger partial charge in [0.2, 0.25) is 0 Å². The monoisotopic (exact) mass is 380 g/mol. The van der Waals surface area contributed by atoms with Crippen LogP contribution in [-0.2, 0) is 12.8 Å². The third-order valence-electron chi connectivity index (χ3n) is 5.90. The zero-order valence-corrected chi connectivity index (χ0v) is 16.8. The SMILES string of the molecule is CCC1C=CC=Cc2c1ccn1c(C)c(CCc3ccc4cccnc4n3)nc21. The summed E-state index contributed by atoms with van der Waals surface area (Å²) in [5.74, 6) is 0.444. The van der Waals surface area contributed by atoms with E-state index in [4.69, 9.17) is 9.97 Å². The molecule has 1 unspecified atom stereocenters. The van der Waals surface area contributed by atoms with E-state index in [-0.39, 0.29) is 0 Å². The summed E-state index contributed by atoms with van der Waals surface area (Å²) < 4.78 is 2.23. The van der Waals surface area contributed by atoms with Crippen molar-refractivity contribution in [3.63, 3.8) is 0 Å². The third kappa shape index (κ3) is 3.15. The highest BCUT2D eigenvalue weighted by Crippen LogP contribution is 2.31. The van der Waals surface area contributed by atoms with Crippen molar-refractivity contribution in [1.82, 2.24) is 19.4 Å². The standard InChI is InChI=1S/C25H24N4/c1-3-18-7-4-5-9-22-21(18)14-16-29-17(2)23(28-25(22)29)13-12-20-11-10-19-8-6-15-26-24(19)27-20/h4-11,14-16,18H,3,12-13H2,1-2H3. The molecule has 0 amide bonds. The Bertz CT molecular complexity index is 1260. The summed E-state index contributed by atoms with van der Waals surface area (Å²) in [6.45, 7) is 4.40. The third-order valence-corrected chi connectivity index (χ3v) is 5.90. The number of aromatic nitrogens is 4. The lowest BCUT2D eigenvalue weighted by atomic mass is 9.94. The van der Waals surface area contributed by atoms with E-state index in [1.165, 1.54) is 16.8 Å². The van der Waals surface area contributed by atoms with Crippen molar-refractivity contribution >= 4 is 22.8 Å². The van der Waals surface area contributed by atoms with Crippen molar-refractivity contribution in [1.29, 1.82) is 0 Å². The van der Waals surface area contributed by atoms with Gasteiger partial charge < -0.3 is 4.40 Å². The first-order valence-corrected chi connectivity index (χ1v) is 10.3. The van der Waals surface area contributed by atoms with Gasteiger partial charge in [0.1, 0.15) is 5.65 Å². The van der Waals surface area contributed by atoms with Gasteiger partial charge in [-0.05, 0) is 62.1 Å². The molecular formula is C25H24N4. The maximum Gasteiger partial charge on any atom is 0.159 e. The maximum absolute atomic E-state index is 5.05. The summed E-state index contributed by atoms with van der Waals surface area (Å²) >= 11 is 0. The second kappa shape index (κ2) is 7.28. The lowest BCUT2D eigenvalue weighted by Crippen LogP contribution is -2.00. The van der Waals surface area contributed by atoms with Crippen molar-refractivity contribution in [2.24, 2.45) is 0 Å². The highest BCUT2D eigenvalue weighted by Gasteiger charge is 2.18. The smallest absolute Gasteiger partial charge is 0.159 e. The summed E-state index contributed by atoms with van der Waals surface area (Å²) in [7, 11) is 0. The van der Waals surface area contributed by atoms with Crippen LogP contribution in [0, 0.1) is 6.92 Å². The molecule has 1 aliphatic carbocycles. The zero-order chi connectivity index (χ0) is 19.8. The Labute approximate surface area is 170 Å². The maximum atomic E-state index is 5.05. The van der Waals surface area contributed by atoms with Crippen LogP contribution >= 0.6 is 0 Å². The Morgan fingerprint density at radius 3 is 2.86 bits per heavy atom. The molecule has 4 heterocycles. The minimum atomic E-state index is 0.444. The van der Waals surface area contributed by atoms with Crippen LogP contribution in [0.1, 0.15) is 47.5 Å². The Kier molecular flexibility index (Phi) is 4.47. The summed E-state index contributed by atoms with van der Waals surface area (Å²) in [5.41, 5.74) is 7.88. The van der Waals surface area contributed by atoms with Crippen LogP contribution in [0.2, 0.25) is 0 Å². The van der Waals surface area contributed by atoms with E-state index in [0.717, 1.165) is 47.3 Å². The van der Waals surface area contributed by atoms with Crippen LogP contribution in [0.3, 0.4) is 0 Å². The van der Waals surface area contributed by atoms with Gasteiger partial charge in [0.25, 0.3) is 0 Å². The minimum absolute atomic E-state index is 0.444. The second-order valence-electron chi connectivity index (χ2n) is 7.63. The number of fused-ring (bicyclic) bond motifs is 4. The van der Waals surface area contributed by atoms with Gasteiger partial charge in [0.05, 0.1) is 5.69 Å². The van der Waals surface area contributed by atoms with E-state index < -0.39 is 0 Å². The van der Waals surface area contributed by atoms with E-state index in [1.807, 2.05) is 12.1 Å². The number of allylic oxidation sites excluding steroid dienone is 3. The van der Waals surface area contributed by atoms with E-state index in [0.29, 0.717) is 5.92 Å². The molecule has 0 saturated carbocycles. The Morgan fingerprint density at radius 2 is 1.97 bits per heavy atom. The van der Waals surface area contributed by atoms with Gasteiger partial charge in [-0.3, -0.25) is 0 Å². The molecule has 4 heteroatoms. The summed E-state index contributed by atoms with van der Waals surface area (Å²) in [6, 6.07) is 10.4. The zero-order valence-electron chi connectivity index (χ0n) is 16.8. The average molecular weight is 380 g/mol. The van der Waals surface area contributed by atoms with Crippen LogP contribution in [0.5, 0.6) is 0 Å². The number of hydrogen-bond acceptors (Lipinski definition) is 3. The Balaban J connectivity index is 1.49. The van der Waals surface area contributed by atoms with Crippen LogP contribution in [0.25, 0.3) is 22.8 Å². The topological polar surface area (TPSA) is 43.1 Å². The van der Waals surface area contributed by atoms with Crippen LogP contribution < -0.4 is 0 Å². The predicted octanol–water partition coefficient (Wildman–Crippen LogP) is 5.45. The molecule has 0 saturated heterocycles. The molecule has 1 atom stereocenters. The van der Waals surface area contributed by atoms with Crippen LogP contribution in [0.15, 0.2) is 61.0 Å². The lowest BCUT2D eigenvalue weighted by Gasteiger charge is -2.13. The van der Waals surface area contributed by atoms with Gasteiger partial charge in [0, 0.05) is 40.6 Å². The number of aryl methyl sites for hydroxylation is 3. The van der Waals surface area contributed by atoms with Gasteiger partial charge in [-0.15, -0.1) is 0 Å². The van der Waals surface area contributed by atoms with Crippen molar-refractivity contribution in [2.75, 3.05) is 0 Å². The molecule has 0 bridgehead atoms. The van der Waals surface area contributed by atoms with Crippen molar-refractivity contribution in [3.8, 4) is 0 Å². The van der Waals surface area contributed by atoms with Crippen molar-refractivity contribution in [2.45, 2.75) is 39.0 Å². The first-order valence-electron chi connectivity index (χ1n) is 10.3. The Hall–Kier alpha value is -3.27. The molecular weight excluding hydrogens is 356 g/mol. The van der Waals surface area contributed by atoms with E-state index >= 15 is 0 Å². The number of nitrogens with zero attached hydrogens (tertiary/aromatic N) is 4. The largest absolute Gasteiger partial charge is 0.304 e. The summed E-state index contributed by atoms with van der Waals surface area (Å²) in [6.07, 6.45) is 15.6. The highest BCUT2D eigenvalue weighted by molar-refractivity contribution is 5.74. The molecule has 0 spiro atoms. The van der Waals surface area contributed by atoms with E-state index in [9.17, 15) is 0 Å². The molecule has 144 valence electrons. The van der Waals surface area contributed by atoms with Crippen LogP contribution in [-0.4, -0.2) is 19.4 Å². The quantitative estimate of drug-likeness (QED) is 0.473. The minimum Gasteiger partial charge on any atom is -0.304 e. The first kappa shape index (κ1) is 17.8. The average Bonchev–Trinajstić information content (AvgIpc) is 2.94. The fraction of sp³-hybridized carbons (Fsp3) is 0.240. The molecule has 0 N–H and O–H groups in total. The summed E-state index contributed by atoms with van der Waals surface area (Å²) in [5, 5.41) is 1.08. The molecule has 0 radical (unpaired) electrons. The normalized spacial score (nSPS) is 15.7. The second-order valence-corrected chi connectivity index (χ2v) is 7.63. The van der Waals surface area contributed by atoms with Gasteiger partial charge in [-0.25, -0.2) is 15.0 Å².